The van der Waals surface area contributed by atoms with Gasteiger partial charge in [-0.15, -0.1) is 0 Å². The molecule has 0 aliphatic heterocycles. The predicted octanol–water partition coefficient (Wildman–Crippen LogP) is 6.95. The van der Waals surface area contributed by atoms with E-state index in [-0.39, 0.29) is 22.6 Å². The van der Waals surface area contributed by atoms with Crippen molar-refractivity contribution in [1.82, 2.24) is 0 Å². The number of hydrogen-bond acceptors (Lipinski definition) is 2. The minimum Gasteiger partial charge on any atom is -0.290 e. The molecule has 4 rings (SSSR count). The first-order chi connectivity index (χ1) is 14.5. The molecule has 0 saturated heterocycles. The summed E-state index contributed by atoms with van der Waals surface area (Å²) in [5, 5.41) is 0. The third-order valence-corrected chi connectivity index (χ3v) is 4.43. The van der Waals surface area contributed by atoms with E-state index in [2.05, 4.69) is 0 Å². The van der Waals surface area contributed by atoms with Gasteiger partial charge in [-0.2, -0.15) is 0 Å². The molecule has 0 aromatic heterocycles. The summed E-state index contributed by atoms with van der Waals surface area (Å²) in [4.78, 5) is 10.2. The summed E-state index contributed by atoms with van der Waals surface area (Å²) in [6.07, 6.45) is 0. The molecular formula is C24H14F4O2. The Hall–Kier alpha value is -3.80. The molecule has 0 atom stereocenters. The Morgan fingerprint density at radius 1 is 0.433 bits per heavy atom. The normalized spacial score (nSPS) is 10.7. The Morgan fingerprint density at radius 2 is 0.800 bits per heavy atom. The van der Waals surface area contributed by atoms with Crippen LogP contribution in [0.3, 0.4) is 0 Å². The van der Waals surface area contributed by atoms with Gasteiger partial charge in [-0.1, -0.05) is 24.3 Å². The van der Waals surface area contributed by atoms with Crippen molar-refractivity contribution in [2.75, 3.05) is 0 Å². The molecule has 0 spiro atoms. The van der Waals surface area contributed by atoms with Crippen LogP contribution in [0.25, 0.3) is 22.3 Å². The second-order valence-electron chi connectivity index (χ2n) is 6.46. The zero-order valence-corrected chi connectivity index (χ0v) is 15.4. The van der Waals surface area contributed by atoms with Gasteiger partial charge in [-0.25, -0.2) is 17.6 Å². The van der Waals surface area contributed by atoms with Crippen LogP contribution in [0.4, 0.5) is 17.6 Å². The largest absolute Gasteiger partial charge is 0.290 e. The number of hydrogen-bond donors (Lipinski definition) is 0. The minimum absolute atomic E-state index is 0.0707. The Morgan fingerprint density at radius 3 is 1.13 bits per heavy atom. The molecule has 0 bridgehead atoms. The van der Waals surface area contributed by atoms with Crippen molar-refractivity contribution in [3.63, 3.8) is 0 Å². The lowest BCUT2D eigenvalue weighted by molar-refractivity contribution is -0.100. The summed E-state index contributed by atoms with van der Waals surface area (Å²) in [5.74, 6) is -1.85. The zero-order chi connectivity index (χ0) is 21.1. The van der Waals surface area contributed by atoms with Gasteiger partial charge in [0, 0.05) is 23.3 Å². The van der Waals surface area contributed by atoms with E-state index in [1.807, 2.05) is 0 Å². The van der Waals surface area contributed by atoms with Crippen LogP contribution in [0.15, 0.2) is 84.9 Å². The molecule has 0 aliphatic carbocycles. The van der Waals surface area contributed by atoms with Crippen LogP contribution in [-0.2, 0) is 0 Å². The van der Waals surface area contributed by atoms with Crippen molar-refractivity contribution < 1.29 is 27.3 Å². The van der Waals surface area contributed by atoms with Crippen molar-refractivity contribution in [2.24, 2.45) is 0 Å². The van der Waals surface area contributed by atoms with Crippen LogP contribution < -0.4 is 9.78 Å². The van der Waals surface area contributed by atoms with Gasteiger partial charge in [0.2, 0.25) is 0 Å². The second-order valence-corrected chi connectivity index (χ2v) is 6.46. The molecule has 0 unspecified atom stereocenters. The Labute approximate surface area is 169 Å². The lowest BCUT2D eigenvalue weighted by atomic mass is 10.1. The smallest absolute Gasteiger partial charge is 0.181 e. The summed E-state index contributed by atoms with van der Waals surface area (Å²) in [6.45, 7) is 0. The van der Waals surface area contributed by atoms with Gasteiger partial charge in [-0.05, 0) is 59.7 Å². The molecule has 0 fully saturated rings. The highest BCUT2D eigenvalue weighted by atomic mass is 19.1. The average molecular weight is 410 g/mol. The first-order valence-corrected chi connectivity index (χ1v) is 8.95. The van der Waals surface area contributed by atoms with Crippen LogP contribution >= 0.6 is 0 Å². The Bertz CT molecular complexity index is 1080. The van der Waals surface area contributed by atoms with Crippen LogP contribution in [-0.4, -0.2) is 0 Å². The molecule has 0 heterocycles. The van der Waals surface area contributed by atoms with Crippen molar-refractivity contribution in [2.45, 2.75) is 0 Å². The summed E-state index contributed by atoms with van der Waals surface area (Å²) in [6, 6.07) is 19.0. The highest BCUT2D eigenvalue weighted by Gasteiger charge is 2.10. The van der Waals surface area contributed by atoms with E-state index in [0.717, 1.165) is 12.1 Å². The monoisotopic (exact) mass is 410 g/mol. The van der Waals surface area contributed by atoms with Gasteiger partial charge >= 0.3 is 0 Å². The van der Waals surface area contributed by atoms with Crippen molar-refractivity contribution in [3.8, 4) is 33.8 Å². The van der Waals surface area contributed by atoms with Crippen LogP contribution in [0.5, 0.6) is 11.5 Å². The third-order valence-electron chi connectivity index (χ3n) is 4.43. The van der Waals surface area contributed by atoms with E-state index in [4.69, 9.17) is 9.78 Å². The first-order valence-electron chi connectivity index (χ1n) is 8.95. The van der Waals surface area contributed by atoms with E-state index >= 15 is 0 Å². The van der Waals surface area contributed by atoms with E-state index < -0.39 is 23.3 Å². The Kier molecular flexibility index (Phi) is 5.39. The van der Waals surface area contributed by atoms with Gasteiger partial charge in [0.15, 0.2) is 11.5 Å². The Balaban J connectivity index is 1.47. The molecule has 0 aliphatic rings. The molecule has 0 saturated carbocycles. The molecule has 6 heteroatoms. The fourth-order valence-corrected chi connectivity index (χ4v) is 2.92. The molecule has 2 nitrogen and oxygen atoms in total. The van der Waals surface area contributed by atoms with Gasteiger partial charge in [0.1, 0.15) is 23.3 Å². The quantitative estimate of drug-likeness (QED) is 0.201. The molecule has 0 amide bonds. The molecule has 30 heavy (non-hydrogen) atoms. The van der Waals surface area contributed by atoms with Gasteiger partial charge in [0.25, 0.3) is 0 Å². The second kappa shape index (κ2) is 8.29. The summed E-state index contributed by atoms with van der Waals surface area (Å²) in [5.41, 5.74) is 1.58. The maximum absolute atomic E-state index is 14.4. The number of benzene rings is 4. The fourth-order valence-electron chi connectivity index (χ4n) is 2.92. The van der Waals surface area contributed by atoms with Gasteiger partial charge in [0.05, 0.1) is 0 Å². The van der Waals surface area contributed by atoms with Crippen LogP contribution in [0, 0.1) is 23.3 Å². The zero-order valence-electron chi connectivity index (χ0n) is 15.4. The summed E-state index contributed by atoms with van der Waals surface area (Å²) in [7, 11) is 0. The summed E-state index contributed by atoms with van der Waals surface area (Å²) < 4.78 is 54.8. The average Bonchev–Trinajstić information content (AvgIpc) is 2.74. The standard InChI is InChI=1S/C24H14F4O2/c25-17-5-1-15(2-6-17)21-11-9-19(13-23(21)27)29-30-20-10-12-22(24(28)14-20)16-3-7-18(26)8-4-16/h1-14H. The topological polar surface area (TPSA) is 18.5 Å². The molecule has 0 radical (unpaired) electrons. The highest BCUT2D eigenvalue weighted by molar-refractivity contribution is 5.65. The maximum atomic E-state index is 14.4. The first kappa shape index (κ1) is 19.5. The van der Waals surface area contributed by atoms with E-state index in [1.165, 1.54) is 72.8 Å². The van der Waals surface area contributed by atoms with Crippen molar-refractivity contribution in [3.05, 3.63) is 108 Å². The molecule has 4 aromatic carbocycles. The van der Waals surface area contributed by atoms with Crippen LogP contribution in [0.2, 0.25) is 0 Å². The maximum Gasteiger partial charge on any atom is 0.181 e. The molecule has 150 valence electrons. The SMILES string of the molecule is Fc1ccc(-c2ccc(OOc3ccc(-c4ccc(F)cc4)c(F)c3)cc2F)cc1. The molecule has 0 N–H and O–H groups in total. The van der Waals surface area contributed by atoms with Crippen LogP contribution in [0.1, 0.15) is 0 Å². The lowest BCUT2D eigenvalue weighted by Crippen LogP contribution is -2.01. The summed E-state index contributed by atoms with van der Waals surface area (Å²) >= 11 is 0. The van der Waals surface area contributed by atoms with Gasteiger partial charge in [-0.3, -0.25) is 9.78 Å². The number of rotatable bonds is 5. The van der Waals surface area contributed by atoms with E-state index in [9.17, 15) is 17.6 Å². The van der Waals surface area contributed by atoms with E-state index in [0.29, 0.717) is 11.1 Å². The molecular weight excluding hydrogens is 396 g/mol. The van der Waals surface area contributed by atoms with Crippen molar-refractivity contribution in [1.29, 1.82) is 0 Å². The van der Waals surface area contributed by atoms with Crippen molar-refractivity contribution >= 4 is 0 Å². The van der Waals surface area contributed by atoms with E-state index in [1.54, 1.807) is 0 Å². The highest BCUT2D eigenvalue weighted by Crippen LogP contribution is 2.29. The predicted molar refractivity (Wildman–Crippen MR) is 105 cm³/mol. The fraction of sp³-hybridized carbons (Fsp3) is 0. The third kappa shape index (κ3) is 4.27. The minimum atomic E-state index is -0.583. The molecule has 4 aromatic rings. The number of halogens is 4. The van der Waals surface area contributed by atoms with Gasteiger partial charge < -0.3 is 0 Å². The lowest BCUT2D eigenvalue weighted by Gasteiger charge is -2.09.